The summed E-state index contributed by atoms with van der Waals surface area (Å²) in [5, 5.41) is 12.7. The van der Waals surface area contributed by atoms with E-state index in [2.05, 4.69) is 0 Å². The zero-order valence-electron chi connectivity index (χ0n) is 10.1. The average Bonchev–Trinajstić information content (AvgIpc) is 2.88. The lowest BCUT2D eigenvalue weighted by molar-refractivity contribution is 0.214. The van der Waals surface area contributed by atoms with Crippen LogP contribution >= 0.6 is 11.3 Å². The Balaban J connectivity index is 2.13. The first-order chi connectivity index (χ1) is 9.59. The summed E-state index contributed by atoms with van der Waals surface area (Å²) in [4.78, 5) is 0. The Hall–Kier alpha value is -1.85. The predicted octanol–water partition coefficient (Wildman–Crippen LogP) is 4.40. The minimum Gasteiger partial charge on any atom is -0.383 e. The smallest absolute Gasteiger partial charge is 0.194 e. The zero-order valence-corrected chi connectivity index (χ0v) is 10.9. The van der Waals surface area contributed by atoms with Crippen molar-refractivity contribution in [2.24, 2.45) is 0 Å². The first kappa shape index (κ1) is 13.1. The second-order valence-corrected chi connectivity index (χ2v) is 5.27. The third-order valence-corrected chi connectivity index (χ3v) is 4.15. The van der Waals surface area contributed by atoms with E-state index in [1.165, 1.54) is 11.3 Å². The monoisotopic (exact) mass is 294 g/mol. The highest BCUT2D eigenvalue weighted by Gasteiger charge is 2.22. The molecule has 0 bridgehead atoms. The van der Waals surface area contributed by atoms with Crippen molar-refractivity contribution >= 4 is 21.4 Å². The van der Waals surface area contributed by atoms with Gasteiger partial charge in [-0.05, 0) is 22.9 Å². The van der Waals surface area contributed by atoms with Gasteiger partial charge >= 0.3 is 0 Å². The fourth-order valence-corrected chi connectivity index (χ4v) is 3.11. The van der Waals surface area contributed by atoms with Crippen LogP contribution < -0.4 is 0 Å². The second kappa shape index (κ2) is 4.92. The van der Waals surface area contributed by atoms with Gasteiger partial charge < -0.3 is 5.11 Å². The zero-order chi connectivity index (χ0) is 14.3. The number of hydrogen-bond acceptors (Lipinski definition) is 2. The van der Waals surface area contributed by atoms with Gasteiger partial charge in [0.15, 0.2) is 17.5 Å². The first-order valence-corrected chi connectivity index (χ1v) is 6.75. The largest absolute Gasteiger partial charge is 0.383 e. The van der Waals surface area contributed by atoms with Crippen LogP contribution in [0.4, 0.5) is 13.2 Å². The van der Waals surface area contributed by atoms with Crippen molar-refractivity contribution in [3.8, 4) is 0 Å². The summed E-state index contributed by atoms with van der Waals surface area (Å²) in [5.41, 5.74) is 0.211. The highest BCUT2D eigenvalue weighted by molar-refractivity contribution is 7.17. The maximum absolute atomic E-state index is 13.7. The van der Waals surface area contributed by atoms with E-state index >= 15 is 0 Å². The number of rotatable bonds is 2. The SMILES string of the molecule is OC(c1ccc(F)c(F)c1F)c1csc2ccccc12. The third kappa shape index (κ3) is 1.99. The summed E-state index contributed by atoms with van der Waals surface area (Å²) in [5.74, 6) is -4.19. The molecule has 1 atom stereocenters. The molecule has 0 aliphatic carbocycles. The molecule has 1 heterocycles. The summed E-state index contributed by atoms with van der Waals surface area (Å²) >= 11 is 1.40. The molecular formula is C15H9F3OS. The van der Waals surface area contributed by atoms with Crippen molar-refractivity contribution in [2.45, 2.75) is 6.10 Å². The van der Waals surface area contributed by atoms with Gasteiger partial charge in [-0.2, -0.15) is 0 Å². The molecule has 0 aliphatic rings. The van der Waals surface area contributed by atoms with Gasteiger partial charge in [0.05, 0.1) is 0 Å². The molecule has 1 nitrogen and oxygen atoms in total. The molecule has 1 N–H and O–H groups in total. The molecule has 5 heteroatoms. The molecule has 0 amide bonds. The van der Waals surface area contributed by atoms with Crippen LogP contribution in [0.5, 0.6) is 0 Å². The van der Waals surface area contributed by atoms with Crippen molar-refractivity contribution in [1.82, 2.24) is 0 Å². The number of halogens is 3. The van der Waals surface area contributed by atoms with Crippen LogP contribution in [0.15, 0.2) is 41.8 Å². The number of fused-ring (bicyclic) bond motifs is 1. The minimum atomic E-state index is -1.57. The predicted molar refractivity (Wildman–Crippen MR) is 72.2 cm³/mol. The van der Waals surface area contributed by atoms with E-state index in [0.717, 1.165) is 22.2 Å². The first-order valence-electron chi connectivity index (χ1n) is 5.87. The number of thiophene rings is 1. The number of benzene rings is 2. The van der Waals surface area contributed by atoms with Gasteiger partial charge in [-0.15, -0.1) is 11.3 Å². The average molecular weight is 294 g/mol. The fourth-order valence-electron chi connectivity index (χ4n) is 2.13. The van der Waals surface area contributed by atoms with Crippen molar-refractivity contribution < 1.29 is 18.3 Å². The van der Waals surface area contributed by atoms with Gasteiger partial charge in [-0.1, -0.05) is 24.3 Å². The molecule has 102 valence electrons. The maximum Gasteiger partial charge on any atom is 0.194 e. The topological polar surface area (TPSA) is 20.2 Å². The highest BCUT2D eigenvalue weighted by atomic mass is 32.1. The molecule has 0 saturated heterocycles. The molecule has 0 radical (unpaired) electrons. The Bertz CT molecular complexity index is 782. The Labute approximate surface area is 116 Å². The van der Waals surface area contributed by atoms with Crippen LogP contribution in [-0.4, -0.2) is 5.11 Å². The summed E-state index contributed by atoms with van der Waals surface area (Å²) in [6.07, 6.45) is -1.33. The molecule has 0 fully saturated rings. The number of hydrogen-bond donors (Lipinski definition) is 1. The van der Waals surface area contributed by atoms with Crippen molar-refractivity contribution in [3.05, 3.63) is 70.4 Å². The Morgan fingerprint density at radius 2 is 1.65 bits per heavy atom. The highest BCUT2D eigenvalue weighted by Crippen LogP contribution is 2.34. The summed E-state index contributed by atoms with van der Waals surface area (Å²) in [7, 11) is 0. The Kier molecular flexibility index (Phi) is 3.23. The number of aliphatic hydroxyl groups is 1. The minimum absolute atomic E-state index is 0.271. The van der Waals surface area contributed by atoms with E-state index in [-0.39, 0.29) is 5.56 Å². The van der Waals surface area contributed by atoms with E-state index in [1.54, 1.807) is 17.5 Å². The van der Waals surface area contributed by atoms with Crippen molar-refractivity contribution in [3.63, 3.8) is 0 Å². The van der Waals surface area contributed by atoms with E-state index in [1.807, 2.05) is 12.1 Å². The van der Waals surface area contributed by atoms with Crippen LogP contribution in [-0.2, 0) is 0 Å². The van der Waals surface area contributed by atoms with E-state index in [4.69, 9.17) is 0 Å². The summed E-state index contributed by atoms with van der Waals surface area (Å²) in [6.45, 7) is 0. The lowest BCUT2D eigenvalue weighted by Gasteiger charge is -2.12. The molecule has 0 saturated carbocycles. The van der Waals surface area contributed by atoms with Crippen LogP contribution in [0.1, 0.15) is 17.2 Å². The van der Waals surface area contributed by atoms with Gasteiger partial charge in [0.2, 0.25) is 0 Å². The van der Waals surface area contributed by atoms with Crippen LogP contribution in [0, 0.1) is 17.5 Å². The molecule has 3 aromatic rings. The van der Waals surface area contributed by atoms with Crippen molar-refractivity contribution in [2.75, 3.05) is 0 Å². The Morgan fingerprint density at radius 1 is 0.900 bits per heavy atom. The van der Waals surface area contributed by atoms with Gasteiger partial charge in [-0.25, -0.2) is 13.2 Å². The number of aliphatic hydroxyl groups excluding tert-OH is 1. The van der Waals surface area contributed by atoms with Gasteiger partial charge in [-0.3, -0.25) is 0 Å². The normalized spacial score (nSPS) is 12.8. The standard InChI is InChI=1S/C15H9F3OS/c16-11-6-5-9(13(17)14(11)18)15(19)10-7-20-12-4-2-1-3-8(10)12/h1-7,15,19H. The van der Waals surface area contributed by atoms with Gasteiger partial charge in [0, 0.05) is 15.8 Å². The second-order valence-electron chi connectivity index (χ2n) is 4.35. The quantitative estimate of drug-likeness (QED) is 0.695. The van der Waals surface area contributed by atoms with E-state index in [0.29, 0.717) is 5.56 Å². The third-order valence-electron chi connectivity index (χ3n) is 3.17. The molecule has 3 rings (SSSR count). The van der Waals surface area contributed by atoms with Gasteiger partial charge in [0.1, 0.15) is 6.10 Å². The van der Waals surface area contributed by atoms with Crippen LogP contribution in [0.25, 0.3) is 10.1 Å². The summed E-state index contributed by atoms with van der Waals surface area (Å²) in [6, 6.07) is 9.19. The molecule has 1 aromatic heterocycles. The van der Waals surface area contributed by atoms with E-state index < -0.39 is 23.6 Å². The Morgan fingerprint density at radius 3 is 2.45 bits per heavy atom. The molecule has 0 aliphatic heterocycles. The van der Waals surface area contributed by atoms with Crippen LogP contribution in [0.2, 0.25) is 0 Å². The lowest BCUT2D eigenvalue weighted by atomic mass is 10.0. The molecule has 1 unspecified atom stereocenters. The van der Waals surface area contributed by atoms with E-state index in [9.17, 15) is 18.3 Å². The fraction of sp³-hybridized carbons (Fsp3) is 0.0667. The molecule has 20 heavy (non-hydrogen) atoms. The molecule has 2 aromatic carbocycles. The van der Waals surface area contributed by atoms with Gasteiger partial charge in [0.25, 0.3) is 0 Å². The maximum atomic E-state index is 13.7. The summed E-state index contributed by atoms with van der Waals surface area (Å²) < 4.78 is 40.8. The molecule has 0 spiro atoms. The van der Waals surface area contributed by atoms with Crippen LogP contribution in [0.3, 0.4) is 0 Å². The molecular weight excluding hydrogens is 285 g/mol. The van der Waals surface area contributed by atoms with Crippen molar-refractivity contribution in [1.29, 1.82) is 0 Å². The lowest BCUT2D eigenvalue weighted by Crippen LogP contribution is -2.05.